The minimum Gasteiger partial charge on any atom is -0.444 e. The van der Waals surface area contributed by atoms with Gasteiger partial charge in [-0.15, -0.1) is 0 Å². The van der Waals surface area contributed by atoms with Gasteiger partial charge in [0.2, 0.25) is 0 Å². The van der Waals surface area contributed by atoms with Crippen molar-refractivity contribution < 1.29 is 9.53 Å². The minimum atomic E-state index is -0.723. The Labute approximate surface area is 103 Å². The molecule has 0 fully saturated rings. The number of rotatable bonds is 4. The number of hydrogen-bond donors (Lipinski definition) is 1. The van der Waals surface area contributed by atoms with Gasteiger partial charge in [0.25, 0.3) is 0 Å². The molecule has 0 aliphatic carbocycles. The summed E-state index contributed by atoms with van der Waals surface area (Å²) in [5.41, 5.74) is 5.66. The smallest absolute Gasteiger partial charge is 0.405 e. The molecule has 0 aliphatic rings. The van der Waals surface area contributed by atoms with Crippen molar-refractivity contribution in [1.82, 2.24) is 0 Å². The van der Waals surface area contributed by atoms with Crippen LogP contribution in [-0.2, 0) is 10.2 Å². The van der Waals surface area contributed by atoms with Gasteiger partial charge in [-0.3, -0.25) is 0 Å². The predicted molar refractivity (Wildman–Crippen MR) is 68.8 cm³/mol. The van der Waals surface area contributed by atoms with Crippen molar-refractivity contribution in [2.75, 3.05) is 0 Å². The monoisotopic (exact) mass is 235 g/mol. The van der Waals surface area contributed by atoms with E-state index in [1.54, 1.807) is 0 Å². The Hall–Kier alpha value is -1.51. The summed E-state index contributed by atoms with van der Waals surface area (Å²) in [6.07, 6.45) is -0.00804. The summed E-state index contributed by atoms with van der Waals surface area (Å²) in [4.78, 5) is 10.8. The topological polar surface area (TPSA) is 52.3 Å². The summed E-state index contributed by atoms with van der Waals surface area (Å²) in [5.74, 6) is 0. The second-order valence-electron chi connectivity index (χ2n) is 5.61. The van der Waals surface area contributed by atoms with Gasteiger partial charge in [0, 0.05) is 0 Å². The lowest BCUT2D eigenvalue weighted by molar-refractivity contribution is 0.0247. The van der Waals surface area contributed by atoms with Crippen molar-refractivity contribution in [3.8, 4) is 0 Å². The van der Waals surface area contributed by atoms with Gasteiger partial charge in [-0.05, 0) is 31.2 Å². The van der Waals surface area contributed by atoms with Gasteiger partial charge in [-0.1, -0.05) is 44.2 Å². The van der Waals surface area contributed by atoms with Crippen LogP contribution in [0.3, 0.4) is 0 Å². The first-order valence-corrected chi connectivity index (χ1v) is 5.77. The van der Waals surface area contributed by atoms with E-state index in [1.165, 1.54) is 5.56 Å². The number of ether oxygens (including phenoxy) is 1. The van der Waals surface area contributed by atoms with Crippen molar-refractivity contribution in [1.29, 1.82) is 0 Å². The van der Waals surface area contributed by atoms with Gasteiger partial charge in [-0.2, -0.15) is 0 Å². The van der Waals surface area contributed by atoms with E-state index in [1.807, 2.05) is 32.0 Å². The van der Waals surface area contributed by atoms with Crippen LogP contribution in [0.1, 0.15) is 39.7 Å². The highest BCUT2D eigenvalue weighted by molar-refractivity contribution is 5.65. The van der Waals surface area contributed by atoms with Gasteiger partial charge in [-0.25, -0.2) is 4.79 Å². The van der Waals surface area contributed by atoms with Crippen molar-refractivity contribution >= 4 is 6.09 Å². The molecule has 0 saturated carbocycles. The largest absolute Gasteiger partial charge is 0.444 e. The molecule has 3 heteroatoms. The Morgan fingerprint density at radius 2 is 1.71 bits per heavy atom. The molecular weight excluding hydrogens is 214 g/mol. The third kappa shape index (κ3) is 4.10. The Morgan fingerprint density at radius 1 is 1.18 bits per heavy atom. The molecule has 3 nitrogen and oxygen atoms in total. The summed E-state index contributed by atoms with van der Waals surface area (Å²) in [7, 11) is 0. The molecular formula is C14H21NO2. The average molecular weight is 235 g/mol. The molecule has 1 aromatic carbocycles. The quantitative estimate of drug-likeness (QED) is 0.871. The average Bonchev–Trinajstić information content (AvgIpc) is 2.15. The molecule has 0 aromatic heterocycles. The van der Waals surface area contributed by atoms with Crippen LogP contribution in [0.15, 0.2) is 30.3 Å². The normalized spacial score (nSPS) is 12.2. The standard InChI is InChI=1S/C14H21NO2/c1-13(2,11-8-6-5-7-9-11)10-14(3,4)17-12(15)16/h5-9H,10H2,1-4H3,(H2,15,16). The molecule has 94 valence electrons. The fraction of sp³-hybridized carbons (Fsp3) is 0.500. The van der Waals surface area contributed by atoms with Crippen LogP contribution in [0, 0.1) is 0 Å². The minimum absolute atomic E-state index is 0.0692. The van der Waals surface area contributed by atoms with Crippen LogP contribution < -0.4 is 5.73 Å². The number of carbonyl (C=O) groups excluding carboxylic acids is 1. The zero-order valence-corrected chi connectivity index (χ0v) is 11.0. The fourth-order valence-corrected chi connectivity index (χ4v) is 2.36. The third-order valence-electron chi connectivity index (χ3n) is 2.80. The van der Waals surface area contributed by atoms with Gasteiger partial charge in [0.1, 0.15) is 5.60 Å². The highest BCUT2D eigenvalue weighted by Crippen LogP contribution is 2.33. The fourth-order valence-electron chi connectivity index (χ4n) is 2.36. The molecule has 1 rings (SSSR count). The molecule has 0 bridgehead atoms. The van der Waals surface area contributed by atoms with Crippen molar-refractivity contribution in [2.45, 2.75) is 45.1 Å². The molecule has 17 heavy (non-hydrogen) atoms. The lowest BCUT2D eigenvalue weighted by Crippen LogP contribution is -2.37. The molecule has 0 atom stereocenters. The summed E-state index contributed by atoms with van der Waals surface area (Å²) >= 11 is 0. The van der Waals surface area contributed by atoms with E-state index in [2.05, 4.69) is 26.0 Å². The van der Waals surface area contributed by atoms with Crippen LogP contribution in [0.4, 0.5) is 4.79 Å². The molecule has 0 spiro atoms. The van der Waals surface area contributed by atoms with Crippen LogP contribution in [-0.4, -0.2) is 11.7 Å². The maximum Gasteiger partial charge on any atom is 0.405 e. The van der Waals surface area contributed by atoms with E-state index >= 15 is 0 Å². The number of hydrogen-bond acceptors (Lipinski definition) is 2. The highest BCUT2D eigenvalue weighted by Gasteiger charge is 2.32. The first kappa shape index (κ1) is 13.6. The summed E-state index contributed by atoms with van der Waals surface area (Å²) in [5, 5.41) is 0. The van der Waals surface area contributed by atoms with Crippen LogP contribution >= 0.6 is 0 Å². The van der Waals surface area contributed by atoms with E-state index < -0.39 is 11.7 Å². The zero-order chi connectivity index (χ0) is 13.1. The van der Waals surface area contributed by atoms with Crippen LogP contribution in [0.2, 0.25) is 0 Å². The van der Waals surface area contributed by atoms with E-state index in [4.69, 9.17) is 10.5 Å². The lowest BCUT2D eigenvalue weighted by Gasteiger charge is -2.34. The molecule has 0 aliphatic heterocycles. The molecule has 0 radical (unpaired) electrons. The van der Waals surface area contributed by atoms with Gasteiger partial charge in [0.15, 0.2) is 0 Å². The first-order valence-electron chi connectivity index (χ1n) is 5.77. The number of carbonyl (C=O) groups is 1. The molecule has 1 aromatic rings. The van der Waals surface area contributed by atoms with Crippen molar-refractivity contribution in [3.05, 3.63) is 35.9 Å². The van der Waals surface area contributed by atoms with E-state index in [-0.39, 0.29) is 5.41 Å². The number of benzene rings is 1. The molecule has 2 N–H and O–H groups in total. The van der Waals surface area contributed by atoms with Gasteiger partial charge >= 0.3 is 6.09 Å². The number of primary amides is 1. The van der Waals surface area contributed by atoms with Crippen molar-refractivity contribution in [3.63, 3.8) is 0 Å². The summed E-state index contributed by atoms with van der Waals surface area (Å²) in [6, 6.07) is 10.2. The van der Waals surface area contributed by atoms with E-state index in [0.717, 1.165) is 0 Å². The van der Waals surface area contributed by atoms with Crippen LogP contribution in [0.5, 0.6) is 0 Å². The van der Waals surface area contributed by atoms with E-state index in [9.17, 15) is 4.79 Å². The SMILES string of the molecule is CC(C)(CC(C)(C)c1ccccc1)OC(N)=O. The predicted octanol–water partition coefficient (Wildman–Crippen LogP) is 3.23. The molecule has 1 amide bonds. The van der Waals surface area contributed by atoms with Gasteiger partial charge in [0.05, 0.1) is 0 Å². The molecule has 0 unspecified atom stereocenters. The summed E-state index contributed by atoms with van der Waals surface area (Å²) < 4.78 is 5.13. The second kappa shape index (κ2) is 4.78. The Kier molecular flexibility index (Phi) is 3.81. The van der Waals surface area contributed by atoms with Crippen LogP contribution in [0.25, 0.3) is 0 Å². The highest BCUT2D eigenvalue weighted by atomic mass is 16.6. The van der Waals surface area contributed by atoms with Crippen molar-refractivity contribution in [2.24, 2.45) is 5.73 Å². The number of amides is 1. The lowest BCUT2D eigenvalue weighted by atomic mass is 9.76. The molecule has 0 heterocycles. The van der Waals surface area contributed by atoms with E-state index in [0.29, 0.717) is 6.42 Å². The van der Waals surface area contributed by atoms with Gasteiger partial charge < -0.3 is 10.5 Å². The Bertz CT molecular complexity index is 382. The second-order valence-corrected chi connectivity index (χ2v) is 5.61. The maximum absolute atomic E-state index is 10.8. The molecule has 0 saturated heterocycles. The number of nitrogens with two attached hydrogens (primary N) is 1. The zero-order valence-electron chi connectivity index (χ0n) is 11.0. The maximum atomic E-state index is 10.8. The summed E-state index contributed by atoms with van der Waals surface area (Å²) in [6.45, 7) is 8.02. The Balaban J connectivity index is 2.83. The Morgan fingerprint density at radius 3 is 2.18 bits per heavy atom. The first-order chi connectivity index (χ1) is 7.73. The third-order valence-corrected chi connectivity index (χ3v) is 2.80.